The van der Waals surface area contributed by atoms with Crippen LogP contribution in [0.1, 0.15) is 105 Å². The average Bonchev–Trinajstić information content (AvgIpc) is 3.62. The van der Waals surface area contributed by atoms with E-state index < -0.39 is 0 Å². The Hall–Kier alpha value is -2.40. The molecule has 0 bridgehead atoms. The van der Waals surface area contributed by atoms with E-state index in [4.69, 9.17) is 5.73 Å². The number of hydrogen-bond donors (Lipinski definition) is 3. The van der Waals surface area contributed by atoms with Crippen LogP contribution < -0.4 is 16.4 Å². The molecule has 4 aliphatic carbocycles. The molecule has 4 heterocycles. The maximum absolute atomic E-state index is 6.00. The minimum Gasteiger partial charge on any atom is -0.367 e. The highest BCUT2D eigenvalue weighted by molar-refractivity contribution is 7.19. The highest BCUT2D eigenvalue weighted by Crippen LogP contribution is 2.40. The first-order chi connectivity index (χ1) is 21.5. The van der Waals surface area contributed by atoms with Crippen molar-refractivity contribution in [2.45, 2.75) is 134 Å². The van der Waals surface area contributed by atoms with Gasteiger partial charge in [0.2, 0.25) is 0 Å². The average molecular weight is 649 g/mol. The molecule has 45 heavy (non-hydrogen) atoms. The summed E-state index contributed by atoms with van der Waals surface area (Å²) in [7, 11) is 4.40. The van der Waals surface area contributed by atoms with Crippen molar-refractivity contribution >= 4 is 54.7 Å². The Labute approximate surface area is 277 Å². The Bertz CT molecular complexity index is 1560. The van der Waals surface area contributed by atoms with Crippen LogP contribution >= 0.6 is 22.7 Å². The first-order valence-corrected chi connectivity index (χ1v) is 18.6. The molecule has 0 unspecified atom stereocenters. The van der Waals surface area contributed by atoms with Crippen molar-refractivity contribution in [3.05, 3.63) is 33.5 Å². The smallest absolute Gasteiger partial charge is 0.138 e. The highest BCUT2D eigenvalue weighted by Gasteiger charge is 2.26. The summed E-state index contributed by atoms with van der Waals surface area (Å²) in [5, 5.41) is 10.1. The van der Waals surface area contributed by atoms with E-state index in [1.54, 1.807) is 17.5 Å². The quantitative estimate of drug-likeness (QED) is 0.202. The molecular formula is C35H52N8S2. The minimum atomic E-state index is 0. The lowest BCUT2D eigenvalue weighted by Crippen LogP contribution is -2.36. The summed E-state index contributed by atoms with van der Waals surface area (Å²) in [5.74, 6) is 2.14. The number of anilines is 2. The van der Waals surface area contributed by atoms with Gasteiger partial charge < -0.3 is 21.3 Å². The van der Waals surface area contributed by atoms with Gasteiger partial charge >= 0.3 is 0 Å². The van der Waals surface area contributed by atoms with E-state index in [2.05, 4.69) is 49.6 Å². The normalized spacial score (nSPS) is 24.7. The van der Waals surface area contributed by atoms with E-state index in [1.165, 1.54) is 109 Å². The SMILES string of the molecule is C.CN(C)C1CCC(Nc2ncnc3sc4c(c23)CCCC4)CC1.NC1CCC(Nc2ncnc3sc4c(c23)CCCC4)CC1. The van der Waals surface area contributed by atoms with Crippen LogP contribution in [0.3, 0.4) is 0 Å². The lowest BCUT2D eigenvalue weighted by molar-refractivity contribution is 0.221. The van der Waals surface area contributed by atoms with E-state index >= 15 is 0 Å². The topological polar surface area (TPSA) is 105 Å². The highest BCUT2D eigenvalue weighted by atomic mass is 32.1. The number of fused-ring (bicyclic) bond motifs is 6. The van der Waals surface area contributed by atoms with Gasteiger partial charge in [-0.05, 0) is 128 Å². The molecule has 4 aromatic rings. The molecule has 4 aliphatic rings. The summed E-state index contributed by atoms with van der Waals surface area (Å²) < 4.78 is 0. The molecule has 0 radical (unpaired) electrons. The van der Waals surface area contributed by atoms with Crippen LogP contribution in [0.2, 0.25) is 0 Å². The van der Waals surface area contributed by atoms with Crippen LogP contribution in [-0.4, -0.2) is 63.1 Å². The van der Waals surface area contributed by atoms with Gasteiger partial charge in [0, 0.05) is 33.9 Å². The molecule has 2 saturated carbocycles. The molecule has 8 rings (SSSR count). The predicted molar refractivity (Wildman–Crippen MR) is 192 cm³/mol. The largest absolute Gasteiger partial charge is 0.367 e. The molecule has 0 saturated heterocycles. The summed E-state index contributed by atoms with van der Waals surface area (Å²) in [6.07, 6.45) is 23.1. The lowest BCUT2D eigenvalue weighted by Gasteiger charge is -2.33. The third kappa shape index (κ3) is 7.14. The molecule has 4 N–H and O–H groups in total. The van der Waals surface area contributed by atoms with Crippen molar-refractivity contribution < 1.29 is 0 Å². The van der Waals surface area contributed by atoms with Gasteiger partial charge in [0.15, 0.2) is 0 Å². The molecule has 0 aromatic carbocycles. The summed E-state index contributed by atoms with van der Waals surface area (Å²) in [5.41, 5.74) is 9.04. The second kappa shape index (κ2) is 14.6. The maximum Gasteiger partial charge on any atom is 0.138 e. The van der Waals surface area contributed by atoms with Crippen molar-refractivity contribution in [3.8, 4) is 0 Å². The van der Waals surface area contributed by atoms with Crippen molar-refractivity contribution in [2.24, 2.45) is 5.73 Å². The minimum absolute atomic E-state index is 0. The Balaban J connectivity index is 0.000000156. The summed E-state index contributed by atoms with van der Waals surface area (Å²) >= 11 is 3.75. The molecule has 10 heteroatoms. The molecule has 0 spiro atoms. The van der Waals surface area contributed by atoms with E-state index in [0.717, 1.165) is 48.2 Å². The van der Waals surface area contributed by atoms with E-state index in [1.807, 2.05) is 22.7 Å². The van der Waals surface area contributed by atoms with Crippen LogP contribution in [0.5, 0.6) is 0 Å². The summed E-state index contributed by atoms with van der Waals surface area (Å²) in [6, 6.07) is 2.21. The number of nitrogens with two attached hydrogens (primary N) is 1. The zero-order valence-electron chi connectivity index (χ0n) is 26.4. The van der Waals surface area contributed by atoms with E-state index in [0.29, 0.717) is 18.1 Å². The fourth-order valence-corrected chi connectivity index (χ4v) is 10.2. The molecule has 244 valence electrons. The second-order valence-electron chi connectivity index (χ2n) is 13.6. The van der Waals surface area contributed by atoms with Gasteiger partial charge in [-0.2, -0.15) is 0 Å². The van der Waals surface area contributed by atoms with Gasteiger partial charge in [-0.15, -0.1) is 22.7 Å². The maximum atomic E-state index is 6.00. The monoisotopic (exact) mass is 648 g/mol. The number of thiophene rings is 2. The van der Waals surface area contributed by atoms with Gasteiger partial charge in [-0.1, -0.05) is 7.43 Å². The number of nitrogens with one attached hydrogen (secondary N) is 2. The van der Waals surface area contributed by atoms with Gasteiger partial charge in [0.1, 0.15) is 34.0 Å². The van der Waals surface area contributed by atoms with Crippen molar-refractivity contribution in [1.82, 2.24) is 24.8 Å². The van der Waals surface area contributed by atoms with Gasteiger partial charge in [0.25, 0.3) is 0 Å². The van der Waals surface area contributed by atoms with Crippen LogP contribution in [0.4, 0.5) is 11.6 Å². The fourth-order valence-electron chi connectivity index (χ4n) is 7.79. The lowest BCUT2D eigenvalue weighted by atomic mass is 9.90. The Morgan fingerprint density at radius 3 is 1.56 bits per heavy atom. The number of rotatable bonds is 5. The predicted octanol–water partition coefficient (Wildman–Crippen LogP) is 7.74. The van der Waals surface area contributed by atoms with Gasteiger partial charge in [-0.3, -0.25) is 0 Å². The van der Waals surface area contributed by atoms with Crippen molar-refractivity contribution in [3.63, 3.8) is 0 Å². The molecular weight excluding hydrogens is 597 g/mol. The second-order valence-corrected chi connectivity index (χ2v) is 15.8. The first kappa shape index (κ1) is 32.5. The standard InChI is InChI=1S/C18H26N4S.C16H22N4S.CH4/c1-22(2)13-9-7-12(8-10-13)21-17-16-14-5-3-4-6-15(14)23-18(16)20-11-19-17;17-10-5-7-11(8-6-10)20-15-14-12-3-1-2-4-13(12)21-16(14)19-9-18-15;/h11-13H,3-10H2,1-2H3,(H,19,20,21);9-11H,1-8,17H2,(H,18,19,20);1H4. The van der Waals surface area contributed by atoms with E-state index in [-0.39, 0.29) is 7.43 Å². The van der Waals surface area contributed by atoms with Crippen molar-refractivity contribution in [1.29, 1.82) is 0 Å². The van der Waals surface area contributed by atoms with Crippen molar-refractivity contribution in [2.75, 3.05) is 24.7 Å². The van der Waals surface area contributed by atoms with Crippen LogP contribution in [0, 0.1) is 0 Å². The molecule has 0 atom stereocenters. The summed E-state index contributed by atoms with van der Waals surface area (Å²) in [4.78, 5) is 26.0. The fraction of sp³-hybridized carbons (Fsp3) is 0.657. The Morgan fingerprint density at radius 1 is 0.644 bits per heavy atom. The number of hydrogen-bond acceptors (Lipinski definition) is 10. The Kier molecular flexibility index (Phi) is 10.5. The zero-order valence-corrected chi connectivity index (χ0v) is 28.0. The first-order valence-electron chi connectivity index (χ1n) is 17.0. The van der Waals surface area contributed by atoms with Crippen LogP contribution in [-0.2, 0) is 25.7 Å². The van der Waals surface area contributed by atoms with Gasteiger partial charge in [0.05, 0.1) is 10.8 Å². The third-order valence-electron chi connectivity index (χ3n) is 10.4. The third-order valence-corrected chi connectivity index (χ3v) is 12.8. The molecule has 0 aliphatic heterocycles. The molecule has 8 nitrogen and oxygen atoms in total. The number of aryl methyl sites for hydroxylation is 4. The summed E-state index contributed by atoms with van der Waals surface area (Å²) in [6.45, 7) is 0. The molecule has 4 aromatic heterocycles. The zero-order chi connectivity index (χ0) is 30.0. The molecule has 0 amide bonds. The molecule has 2 fully saturated rings. The van der Waals surface area contributed by atoms with E-state index in [9.17, 15) is 0 Å². The van der Waals surface area contributed by atoms with Gasteiger partial charge in [-0.25, -0.2) is 19.9 Å². The Morgan fingerprint density at radius 2 is 1.09 bits per heavy atom. The number of nitrogens with zero attached hydrogens (tertiary/aromatic N) is 5. The number of aromatic nitrogens is 4. The van der Waals surface area contributed by atoms with Crippen LogP contribution in [0.25, 0.3) is 20.4 Å². The van der Waals surface area contributed by atoms with Crippen LogP contribution in [0.15, 0.2) is 12.7 Å².